The molecule has 2 aromatic rings. The van der Waals surface area contributed by atoms with Gasteiger partial charge < -0.3 is 5.32 Å². The first-order valence-corrected chi connectivity index (χ1v) is 6.62. The molecule has 2 N–H and O–H groups in total. The van der Waals surface area contributed by atoms with Crippen LogP contribution < -0.4 is 5.32 Å². The summed E-state index contributed by atoms with van der Waals surface area (Å²) in [7, 11) is 0. The number of aromatic amines is 1. The monoisotopic (exact) mass is 264 g/mol. The second-order valence-corrected chi connectivity index (χ2v) is 5.19. The molecule has 0 atom stereocenters. The summed E-state index contributed by atoms with van der Waals surface area (Å²) in [6, 6.07) is 0. The summed E-state index contributed by atoms with van der Waals surface area (Å²) in [6.45, 7) is 6.31. The van der Waals surface area contributed by atoms with Crippen molar-refractivity contribution in [1.82, 2.24) is 20.5 Å². The molecule has 0 fully saturated rings. The molecule has 1 amide bonds. The maximum Gasteiger partial charge on any atom is 0.227 e. The van der Waals surface area contributed by atoms with Crippen molar-refractivity contribution in [3.8, 4) is 0 Å². The first kappa shape index (κ1) is 12.8. The van der Waals surface area contributed by atoms with Gasteiger partial charge in [0, 0.05) is 28.9 Å². The molecule has 0 saturated carbocycles. The number of rotatable bonds is 4. The van der Waals surface area contributed by atoms with Crippen LogP contribution in [-0.2, 0) is 17.8 Å². The van der Waals surface area contributed by atoms with E-state index < -0.39 is 0 Å². The van der Waals surface area contributed by atoms with Crippen LogP contribution in [0.25, 0.3) is 0 Å². The second-order valence-electron chi connectivity index (χ2n) is 4.25. The molecule has 0 aliphatic carbocycles. The number of H-pyrrole nitrogens is 1. The van der Waals surface area contributed by atoms with Crippen molar-refractivity contribution in [2.45, 2.75) is 33.7 Å². The van der Waals surface area contributed by atoms with Gasteiger partial charge in [0.1, 0.15) is 5.01 Å². The Hall–Kier alpha value is -1.69. The Kier molecular flexibility index (Phi) is 3.76. The van der Waals surface area contributed by atoms with Crippen LogP contribution in [0.3, 0.4) is 0 Å². The van der Waals surface area contributed by atoms with Gasteiger partial charge in [-0.05, 0) is 20.8 Å². The van der Waals surface area contributed by atoms with Gasteiger partial charge in [-0.25, -0.2) is 4.98 Å². The third-order valence-corrected chi connectivity index (χ3v) is 3.69. The van der Waals surface area contributed by atoms with Crippen molar-refractivity contribution in [3.63, 3.8) is 0 Å². The average molecular weight is 264 g/mol. The van der Waals surface area contributed by atoms with E-state index in [1.807, 2.05) is 26.2 Å². The van der Waals surface area contributed by atoms with Crippen LogP contribution in [0, 0.1) is 20.8 Å². The zero-order valence-corrected chi connectivity index (χ0v) is 11.5. The maximum absolute atomic E-state index is 11.8. The van der Waals surface area contributed by atoms with Gasteiger partial charge >= 0.3 is 0 Å². The van der Waals surface area contributed by atoms with Crippen molar-refractivity contribution in [3.05, 3.63) is 33.0 Å². The van der Waals surface area contributed by atoms with Gasteiger partial charge in [-0.15, -0.1) is 11.3 Å². The van der Waals surface area contributed by atoms with Crippen LogP contribution in [0.4, 0.5) is 0 Å². The molecule has 5 nitrogen and oxygen atoms in total. The lowest BCUT2D eigenvalue weighted by molar-refractivity contribution is -0.120. The maximum atomic E-state index is 11.8. The number of aromatic nitrogens is 3. The molecule has 18 heavy (non-hydrogen) atoms. The molecule has 0 unspecified atom stereocenters. The lowest BCUT2D eigenvalue weighted by Crippen LogP contribution is -2.25. The summed E-state index contributed by atoms with van der Waals surface area (Å²) in [4.78, 5) is 16.0. The van der Waals surface area contributed by atoms with Crippen molar-refractivity contribution < 1.29 is 4.79 Å². The van der Waals surface area contributed by atoms with E-state index in [1.165, 1.54) is 11.3 Å². The molecule has 2 aromatic heterocycles. The number of carbonyl (C=O) groups is 1. The summed E-state index contributed by atoms with van der Waals surface area (Å²) < 4.78 is 0. The highest BCUT2D eigenvalue weighted by Gasteiger charge is 2.10. The fraction of sp³-hybridized carbons (Fsp3) is 0.417. The van der Waals surface area contributed by atoms with E-state index in [0.717, 1.165) is 27.7 Å². The third kappa shape index (κ3) is 2.95. The summed E-state index contributed by atoms with van der Waals surface area (Å²) in [6.07, 6.45) is 0.342. The van der Waals surface area contributed by atoms with E-state index in [1.54, 1.807) is 0 Å². The summed E-state index contributed by atoms with van der Waals surface area (Å²) in [5.74, 6) is -0.00986. The van der Waals surface area contributed by atoms with Gasteiger partial charge in [-0.2, -0.15) is 5.10 Å². The smallest absolute Gasteiger partial charge is 0.227 e. The SMILES string of the molecule is Cc1csc(CC(=O)NCc2c(C)n[nH]c2C)n1. The molecular weight excluding hydrogens is 248 g/mol. The molecule has 96 valence electrons. The average Bonchev–Trinajstić information content (AvgIpc) is 2.84. The van der Waals surface area contributed by atoms with Gasteiger partial charge in [0.25, 0.3) is 0 Å². The zero-order chi connectivity index (χ0) is 13.1. The molecule has 2 heterocycles. The summed E-state index contributed by atoms with van der Waals surface area (Å²) in [5, 5.41) is 12.7. The number of nitrogens with zero attached hydrogens (tertiary/aromatic N) is 2. The Labute approximate surface area is 110 Å². The number of nitrogens with one attached hydrogen (secondary N) is 2. The van der Waals surface area contributed by atoms with Crippen LogP contribution in [-0.4, -0.2) is 21.1 Å². The van der Waals surface area contributed by atoms with E-state index in [-0.39, 0.29) is 5.91 Å². The van der Waals surface area contributed by atoms with Gasteiger partial charge in [0.15, 0.2) is 0 Å². The predicted molar refractivity (Wildman–Crippen MR) is 70.5 cm³/mol. The number of hydrogen-bond donors (Lipinski definition) is 2. The predicted octanol–water partition coefficient (Wildman–Crippen LogP) is 1.65. The van der Waals surface area contributed by atoms with Gasteiger partial charge in [-0.3, -0.25) is 9.89 Å². The van der Waals surface area contributed by atoms with E-state index in [4.69, 9.17) is 0 Å². The Morgan fingerprint density at radius 2 is 2.22 bits per heavy atom. The standard InChI is InChI=1S/C12H16N4OS/c1-7-6-18-12(14-7)4-11(17)13-5-10-8(2)15-16-9(10)3/h6H,4-5H2,1-3H3,(H,13,17)(H,15,16). The van der Waals surface area contributed by atoms with E-state index in [9.17, 15) is 4.79 Å². The van der Waals surface area contributed by atoms with Gasteiger partial charge in [0.05, 0.1) is 12.1 Å². The minimum atomic E-state index is -0.00986. The Bertz CT molecular complexity index is 539. The lowest BCUT2D eigenvalue weighted by Gasteiger charge is -2.04. The fourth-order valence-electron chi connectivity index (χ4n) is 1.71. The molecule has 6 heteroatoms. The molecule has 0 spiro atoms. The van der Waals surface area contributed by atoms with E-state index in [0.29, 0.717) is 13.0 Å². The minimum absolute atomic E-state index is 0.00986. The normalized spacial score (nSPS) is 10.6. The molecule has 0 radical (unpaired) electrons. The minimum Gasteiger partial charge on any atom is -0.352 e. The van der Waals surface area contributed by atoms with Gasteiger partial charge in [0.2, 0.25) is 5.91 Å². The number of thiazole rings is 1. The second kappa shape index (κ2) is 5.30. The number of aryl methyl sites for hydroxylation is 3. The third-order valence-electron chi connectivity index (χ3n) is 2.72. The molecule has 0 aromatic carbocycles. The lowest BCUT2D eigenvalue weighted by atomic mass is 10.2. The molecule has 2 rings (SSSR count). The summed E-state index contributed by atoms with van der Waals surface area (Å²) in [5.41, 5.74) is 3.94. The van der Waals surface area contributed by atoms with Crippen molar-refractivity contribution in [1.29, 1.82) is 0 Å². The highest BCUT2D eigenvalue weighted by molar-refractivity contribution is 7.09. The number of amides is 1. The van der Waals surface area contributed by atoms with E-state index in [2.05, 4.69) is 20.5 Å². The highest BCUT2D eigenvalue weighted by atomic mass is 32.1. The topological polar surface area (TPSA) is 70.7 Å². The Morgan fingerprint density at radius 1 is 1.44 bits per heavy atom. The zero-order valence-electron chi connectivity index (χ0n) is 10.7. The molecule has 0 saturated heterocycles. The van der Waals surface area contributed by atoms with Crippen LogP contribution in [0.15, 0.2) is 5.38 Å². The molecule has 0 aliphatic rings. The quantitative estimate of drug-likeness (QED) is 0.882. The Morgan fingerprint density at radius 3 is 2.78 bits per heavy atom. The Balaban J connectivity index is 1.89. The van der Waals surface area contributed by atoms with Crippen LogP contribution >= 0.6 is 11.3 Å². The number of carbonyl (C=O) groups excluding carboxylic acids is 1. The fourth-order valence-corrected chi connectivity index (χ4v) is 2.48. The summed E-state index contributed by atoms with van der Waals surface area (Å²) >= 11 is 1.52. The van der Waals surface area contributed by atoms with E-state index >= 15 is 0 Å². The first-order valence-electron chi connectivity index (χ1n) is 5.74. The highest BCUT2D eigenvalue weighted by Crippen LogP contribution is 2.10. The van der Waals surface area contributed by atoms with Crippen LogP contribution in [0.5, 0.6) is 0 Å². The van der Waals surface area contributed by atoms with Crippen LogP contribution in [0.1, 0.15) is 27.7 Å². The van der Waals surface area contributed by atoms with Crippen molar-refractivity contribution in [2.75, 3.05) is 0 Å². The van der Waals surface area contributed by atoms with Gasteiger partial charge in [-0.1, -0.05) is 0 Å². The molecule has 0 bridgehead atoms. The van der Waals surface area contributed by atoms with Crippen LogP contribution in [0.2, 0.25) is 0 Å². The van der Waals surface area contributed by atoms with Crippen molar-refractivity contribution in [2.24, 2.45) is 0 Å². The number of hydrogen-bond acceptors (Lipinski definition) is 4. The molecular formula is C12H16N4OS. The molecule has 0 aliphatic heterocycles. The van der Waals surface area contributed by atoms with Crippen molar-refractivity contribution >= 4 is 17.2 Å². The first-order chi connectivity index (χ1) is 8.56. The largest absolute Gasteiger partial charge is 0.352 e.